The highest BCUT2D eigenvalue weighted by atomic mass is 16.4. The lowest BCUT2D eigenvalue weighted by molar-refractivity contribution is -0.147. The molecule has 1 aromatic carbocycles. The maximum absolute atomic E-state index is 13.4. The molecule has 0 fully saturated rings. The van der Waals surface area contributed by atoms with Gasteiger partial charge in [-0.1, -0.05) is 12.1 Å². The summed E-state index contributed by atoms with van der Waals surface area (Å²) in [5.41, 5.74) is 6.94. The number of amides is 4. The van der Waals surface area contributed by atoms with Crippen molar-refractivity contribution >= 4 is 41.5 Å². The van der Waals surface area contributed by atoms with Gasteiger partial charge in [0.05, 0.1) is 18.8 Å². The Kier molecular flexibility index (Phi) is 13.4. The minimum Gasteiger partial charge on any atom is -0.508 e. The number of rotatable bonds is 18. The Hall–Kier alpha value is -5.52. The van der Waals surface area contributed by atoms with Gasteiger partial charge in [-0.15, -0.1) is 0 Å². The molecule has 45 heavy (non-hydrogen) atoms. The van der Waals surface area contributed by atoms with Crippen molar-refractivity contribution in [3.05, 3.63) is 48.0 Å². The lowest BCUT2D eigenvalue weighted by atomic mass is 10.0. The second kappa shape index (κ2) is 16.9. The summed E-state index contributed by atoms with van der Waals surface area (Å²) in [6.45, 7) is 1.34. The van der Waals surface area contributed by atoms with Crippen LogP contribution in [-0.2, 0) is 46.4 Å². The Bertz CT molecular complexity index is 1370. The third kappa shape index (κ3) is 12.3. The summed E-state index contributed by atoms with van der Waals surface area (Å²) in [6, 6.07) is -1.61. The molecule has 0 spiro atoms. The van der Waals surface area contributed by atoms with Crippen LogP contribution in [0.2, 0.25) is 0 Å². The van der Waals surface area contributed by atoms with E-state index in [2.05, 4.69) is 25.9 Å². The first-order chi connectivity index (χ1) is 21.2. The first-order valence-corrected chi connectivity index (χ1v) is 13.5. The van der Waals surface area contributed by atoms with E-state index in [1.54, 1.807) is 0 Å². The number of carbonyl (C=O) groups excluding carboxylic acids is 4. The molecule has 0 saturated carbocycles. The number of hydrogen-bond donors (Lipinski definition) is 10. The molecule has 18 nitrogen and oxygen atoms in total. The van der Waals surface area contributed by atoms with Crippen LogP contribution in [0, 0.1) is 0 Å². The fourth-order valence-corrected chi connectivity index (χ4v) is 3.94. The molecule has 2 rings (SSSR count). The van der Waals surface area contributed by atoms with Crippen LogP contribution in [-0.4, -0.2) is 102 Å². The van der Waals surface area contributed by atoms with Crippen LogP contribution in [0.5, 0.6) is 5.75 Å². The first-order valence-electron chi connectivity index (χ1n) is 13.5. The van der Waals surface area contributed by atoms with Gasteiger partial charge in [-0.25, -0.2) is 9.78 Å². The van der Waals surface area contributed by atoms with E-state index in [4.69, 9.17) is 15.9 Å². The smallest absolute Gasteiger partial charge is 0.326 e. The van der Waals surface area contributed by atoms with E-state index >= 15 is 0 Å². The van der Waals surface area contributed by atoms with Gasteiger partial charge >= 0.3 is 17.9 Å². The second-order valence-electron chi connectivity index (χ2n) is 10.0. The Morgan fingerprint density at radius 2 is 1.40 bits per heavy atom. The standard InChI is InChI=1S/C27H35N7O11/c1-13(31-24(41)17(28)9-15-11-29-12-30-15)23(40)33-19(8-14-2-4-16(35)5-3-14)26(43)32-18(6-7-21(36)37)25(42)34-20(27(44)45)10-22(38)39/h2-5,11-13,17-20,35H,6-10,28H2,1H3,(H,29,30)(H,31,41)(H,32,43)(H,33,40)(H,34,42)(H,36,37)(H,38,39)(H,44,45)/t13-,17-,18-,19-,20-/m0/s1. The molecule has 18 heteroatoms. The van der Waals surface area contributed by atoms with Crippen LogP contribution >= 0.6 is 0 Å². The SMILES string of the molecule is C[C@H](NC(=O)[C@@H](N)Cc1cnc[nH]1)C(=O)N[C@@H](Cc1ccc(O)cc1)C(=O)N[C@@H](CCC(=O)O)C(=O)N[C@@H](CC(=O)O)C(=O)O. The van der Waals surface area contributed by atoms with E-state index in [0.29, 0.717) is 11.3 Å². The number of H-pyrrole nitrogens is 1. The fourth-order valence-electron chi connectivity index (χ4n) is 3.94. The molecule has 1 heterocycles. The van der Waals surface area contributed by atoms with Gasteiger partial charge in [-0.05, 0) is 31.0 Å². The molecule has 4 amide bonds. The van der Waals surface area contributed by atoms with E-state index in [-0.39, 0.29) is 18.6 Å². The molecule has 0 bridgehead atoms. The van der Waals surface area contributed by atoms with Crippen LogP contribution < -0.4 is 27.0 Å². The number of aromatic hydroxyl groups is 1. The Morgan fingerprint density at radius 1 is 0.800 bits per heavy atom. The van der Waals surface area contributed by atoms with Gasteiger partial charge < -0.3 is 52.4 Å². The molecule has 0 aliphatic heterocycles. The molecule has 0 aliphatic rings. The van der Waals surface area contributed by atoms with E-state index in [0.717, 1.165) is 0 Å². The van der Waals surface area contributed by atoms with Gasteiger partial charge in [0.1, 0.15) is 29.9 Å². The van der Waals surface area contributed by atoms with Crippen LogP contribution in [0.3, 0.4) is 0 Å². The summed E-state index contributed by atoms with van der Waals surface area (Å²) in [7, 11) is 0. The van der Waals surface area contributed by atoms with E-state index in [9.17, 15) is 43.8 Å². The number of benzene rings is 1. The van der Waals surface area contributed by atoms with Crippen molar-refractivity contribution in [2.45, 2.75) is 69.2 Å². The minimum atomic E-state index is -1.88. The Morgan fingerprint density at radius 3 is 1.96 bits per heavy atom. The number of aliphatic carboxylic acids is 3. The monoisotopic (exact) mass is 633 g/mol. The minimum absolute atomic E-state index is 0.0775. The second-order valence-corrected chi connectivity index (χ2v) is 10.0. The van der Waals surface area contributed by atoms with Crippen LogP contribution in [0.1, 0.15) is 37.4 Å². The van der Waals surface area contributed by atoms with Crippen molar-refractivity contribution < 1.29 is 54.0 Å². The number of aromatic nitrogens is 2. The van der Waals surface area contributed by atoms with Crippen molar-refractivity contribution in [2.75, 3.05) is 0 Å². The van der Waals surface area contributed by atoms with Gasteiger partial charge in [0.2, 0.25) is 23.6 Å². The molecule has 244 valence electrons. The quantitative estimate of drug-likeness (QED) is 0.0820. The van der Waals surface area contributed by atoms with Crippen molar-refractivity contribution in [1.82, 2.24) is 31.2 Å². The number of nitrogens with one attached hydrogen (secondary N) is 5. The molecule has 0 aliphatic carbocycles. The van der Waals surface area contributed by atoms with Crippen molar-refractivity contribution in [1.29, 1.82) is 0 Å². The number of nitrogens with zero attached hydrogens (tertiary/aromatic N) is 1. The number of aromatic amines is 1. The Labute approximate surface area is 255 Å². The number of phenols is 1. The number of phenolic OH excluding ortho intramolecular Hbond substituents is 1. The molecular weight excluding hydrogens is 598 g/mol. The maximum atomic E-state index is 13.4. The molecule has 1 aromatic heterocycles. The summed E-state index contributed by atoms with van der Waals surface area (Å²) in [6.07, 6.45) is 0.663. The molecule has 0 unspecified atom stereocenters. The molecule has 0 saturated heterocycles. The number of imidazole rings is 1. The number of nitrogens with two attached hydrogens (primary N) is 1. The molecule has 5 atom stereocenters. The van der Waals surface area contributed by atoms with Crippen molar-refractivity contribution in [3.63, 3.8) is 0 Å². The zero-order valence-electron chi connectivity index (χ0n) is 24.1. The van der Waals surface area contributed by atoms with E-state index in [1.165, 1.54) is 43.7 Å². The van der Waals surface area contributed by atoms with Gasteiger partial charge in [0.25, 0.3) is 0 Å². The average Bonchev–Trinajstić information content (AvgIpc) is 3.47. The summed E-state index contributed by atoms with van der Waals surface area (Å²) in [5.74, 6) is -8.28. The zero-order chi connectivity index (χ0) is 33.7. The van der Waals surface area contributed by atoms with E-state index < -0.39 is 91.0 Å². The van der Waals surface area contributed by atoms with Gasteiger partial charge in [-0.3, -0.25) is 28.8 Å². The van der Waals surface area contributed by atoms with Gasteiger partial charge in [0.15, 0.2) is 0 Å². The highest BCUT2D eigenvalue weighted by Gasteiger charge is 2.32. The summed E-state index contributed by atoms with van der Waals surface area (Å²) in [5, 5.41) is 46.1. The van der Waals surface area contributed by atoms with Crippen LogP contribution in [0.25, 0.3) is 0 Å². The number of carboxylic acids is 3. The molecule has 2 aromatic rings. The number of hydrogen-bond acceptors (Lipinski definition) is 10. The predicted molar refractivity (Wildman–Crippen MR) is 152 cm³/mol. The largest absolute Gasteiger partial charge is 0.508 e. The number of carboxylic acid groups (broad SMARTS) is 3. The highest BCUT2D eigenvalue weighted by molar-refractivity contribution is 5.96. The number of carbonyl (C=O) groups is 7. The maximum Gasteiger partial charge on any atom is 0.326 e. The fraction of sp³-hybridized carbons (Fsp3) is 0.407. The third-order valence-corrected chi connectivity index (χ3v) is 6.37. The lowest BCUT2D eigenvalue weighted by Gasteiger charge is -2.25. The summed E-state index contributed by atoms with van der Waals surface area (Å²) >= 11 is 0. The first kappa shape index (κ1) is 35.7. The van der Waals surface area contributed by atoms with Crippen LogP contribution in [0.15, 0.2) is 36.8 Å². The van der Waals surface area contributed by atoms with Crippen LogP contribution in [0.4, 0.5) is 0 Å². The van der Waals surface area contributed by atoms with Gasteiger partial charge in [0, 0.05) is 31.2 Å². The summed E-state index contributed by atoms with van der Waals surface area (Å²) < 4.78 is 0. The molecule has 11 N–H and O–H groups in total. The van der Waals surface area contributed by atoms with E-state index in [1.807, 2.05) is 5.32 Å². The molecular formula is C27H35N7O11. The van der Waals surface area contributed by atoms with Crippen molar-refractivity contribution in [2.24, 2.45) is 5.73 Å². The average molecular weight is 634 g/mol. The Balaban J connectivity index is 2.22. The third-order valence-electron chi connectivity index (χ3n) is 6.37. The highest BCUT2D eigenvalue weighted by Crippen LogP contribution is 2.12. The normalized spacial score (nSPS) is 14.1. The summed E-state index contributed by atoms with van der Waals surface area (Å²) in [4.78, 5) is 92.2. The van der Waals surface area contributed by atoms with Gasteiger partial charge in [-0.2, -0.15) is 0 Å². The predicted octanol–water partition coefficient (Wildman–Crippen LogP) is -2.39. The lowest BCUT2D eigenvalue weighted by Crippen LogP contribution is -2.58. The topological polar surface area (TPSA) is 303 Å². The zero-order valence-corrected chi connectivity index (χ0v) is 24.1. The molecule has 0 radical (unpaired) electrons. The van der Waals surface area contributed by atoms with Crippen molar-refractivity contribution in [3.8, 4) is 5.75 Å².